The van der Waals surface area contributed by atoms with Crippen LogP contribution in [0.2, 0.25) is 0 Å². The largest absolute Gasteiger partial charge is 0.488 e. The van der Waals surface area contributed by atoms with E-state index in [2.05, 4.69) is 4.18 Å². The van der Waals surface area contributed by atoms with Crippen molar-refractivity contribution in [1.29, 1.82) is 0 Å². The number of benzene rings is 1. The van der Waals surface area contributed by atoms with Crippen molar-refractivity contribution in [1.82, 2.24) is 4.90 Å². The van der Waals surface area contributed by atoms with Gasteiger partial charge in [-0.15, -0.1) is 0 Å². The molecule has 1 fully saturated rings. The molecule has 24 heavy (non-hydrogen) atoms. The Kier molecular flexibility index (Phi) is 5.71. The number of nitrogens with zero attached hydrogens (tertiary/aromatic N) is 1. The highest BCUT2D eigenvalue weighted by Crippen LogP contribution is 2.36. The molecule has 1 saturated heterocycles. The molecule has 1 N–H and O–H groups in total. The molecule has 1 aliphatic heterocycles. The van der Waals surface area contributed by atoms with Crippen LogP contribution in [0.1, 0.15) is 18.4 Å². The van der Waals surface area contributed by atoms with Crippen LogP contribution in [-0.4, -0.2) is 43.8 Å². The SMILES string of the molecule is O=S(=O)(F)Oc1ccc(CN2CCC[C@@H](CO)[C@H]2C(F)(F)F)cc1. The summed E-state index contributed by atoms with van der Waals surface area (Å²) >= 11 is 0. The summed E-state index contributed by atoms with van der Waals surface area (Å²) < 4.78 is 77.1. The van der Waals surface area contributed by atoms with Gasteiger partial charge in [-0.05, 0) is 37.1 Å². The van der Waals surface area contributed by atoms with Crippen LogP contribution in [0.15, 0.2) is 24.3 Å². The zero-order valence-corrected chi connectivity index (χ0v) is 13.4. The highest BCUT2D eigenvalue weighted by molar-refractivity contribution is 7.81. The van der Waals surface area contributed by atoms with Crippen molar-refractivity contribution in [2.75, 3.05) is 13.2 Å². The Morgan fingerprint density at radius 2 is 1.88 bits per heavy atom. The van der Waals surface area contributed by atoms with Crippen LogP contribution in [-0.2, 0) is 17.0 Å². The van der Waals surface area contributed by atoms with Crippen molar-refractivity contribution in [2.45, 2.75) is 31.6 Å². The summed E-state index contributed by atoms with van der Waals surface area (Å²) in [6, 6.07) is 3.34. The Bertz CT molecular complexity index is 648. The summed E-state index contributed by atoms with van der Waals surface area (Å²) in [5.41, 5.74) is 0.492. The van der Waals surface area contributed by atoms with E-state index in [-0.39, 0.29) is 18.8 Å². The normalized spacial score (nSPS) is 23.2. The van der Waals surface area contributed by atoms with Gasteiger partial charge >= 0.3 is 16.7 Å². The third-order valence-corrected chi connectivity index (χ3v) is 4.33. The fraction of sp³-hybridized carbons (Fsp3) is 0.571. The lowest BCUT2D eigenvalue weighted by atomic mass is 9.89. The van der Waals surface area contributed by atoms with Gasteiger partial charge in [-0.1, -0.05) is 16.0 Å². The Labute approximate surface area is 137 Å². The van der Waals surface area contributed by atoms with Crippen LogP contribution in [0.5, 0.6) is 5.75 Å². The van der Waals surface area contributed by atoms with E-state index in [0.717, 1.165) is 0 Å². The molecule has 5 nitrogen and oxygen atoms in total. The highest BCUT2D eigenvalue weighted by atomic mass is 32.3. The number of alkyl halides is 3. The molecule has 0 amide bonds. The Morgan fingerprint density at radius 3 is 2.38 bits per heavy atom. The molecule has 136 valence electrons. The summed E-state index contributed by atoms with van der Waals surface area (Å²) in [6.07, 6.45) is -3.61. The number of likely N-dealkylation sites (tertiary alicyclic amines) is 1. The molecule has 1 aliphatic rings. The highest BCUT2D eigenvalue weighted by Gasteiger charge is 2.49. The van der Waals surface area contributed by atoms with Crippen LogP contribution >= 0.6 is 0 Å². The average molecular weight is 371 g/mol. The van der Waals surface area contributed by atoms with E-state index in [0.29, 0.717) is 18.4 Å². The number of aliphatic hydroxyl groups is 1. The third-order valence-electron chi connectivity index (χ3n) is 3.93. The minimum absolute atomic E-state index is 0.0245. The van der Waals surface area contributed by atoms with Gasteiger partial charge in [0.25, 0.3) is 0 Å². The average Bonchev–Trinajstić information content (AvgIpc) is 2.46. The molecule has 2 rings (SSSR count). The van der Waals surface area contributed by atoms with Gasteiger partial charge in [0.05, 0.1) is 0 Å². The summed E-state index contributed by atoms with van der Waals surface area (Å²) in [4.78, 5) is 1.24. The van der Waals surface area contributed by atoms with Gasteiger partial charge < -0.3 is 9.29 Å². The number of hydrogen-bond donors (Lipinski definition) is 1. The van der Waals surface area contributed by atoms with Gasteiger partial charge in [0, 0.05) is 19.1 Å². The van der Waals surface area contributed by atoms with Gasteiger partial charge in [0.15, 0.2) is 0 Å². The summed E-state index contributed by atoms with van der Waals surface area (Å²) in [6.45, 7) is -0.330. The third kappa shape index (κ3) is 5.05. The second kappa shape index (κ2) is 7.24. The Hall–Kier alpha value is -1.39. The molecule has 0 aliphatic carbocycles. The van der Waals surface area contributed by atoms with Crippen LogP contribution in [0.4, 0.5) is 17.1 Å². The number of hydrogen-bond acceptors (Lipinski definition) is 5. The molecular weight excluding hydrogens is 354 g/mol. The lowest BCUT2D eigenvalue weighted by Crippen LogP contribution is -2.54. The molecule has 0 saturated carbocycles. The number of aliphatic hydroxyl groups excluding tert-OH is 1. The van der Waals surface area contributed by atoms with Crippen LogP contribution in [0, 0.1) is 5.92 Å². The maximum Gasteiger partial charge on any atom is 0.488 e. The maximum atomic E-state index is 13.3. The smallest absolute Gasteiger partial charge is 0.396 e. The van der Waals surface area contributed by atoms with Crippen molar-refractivity contribution in [3.63, 3.8) is 0 Å². The first-order valence-corrected chi connectivity index (χ1v) is 8.55. The van der Waals surface area contributed by atoms with Crippen LogP contribution < -0.4 is 4.18 Å². The van der Waals surface area contributed by atoms with Crippen LogP contribution in [0.25, 0.3) is 0 Å². The van der Waals surface area contributed by atoms with Gasteiger partial charge in [-0.2, -0.15) is 21.6 Å². The minimum Gasteiger partial charge on any atom is -0.396 e. The quantitative estimate of drug-likeness (QED) is 0.636. The molecule has 2 atom stereocenters. The first-order chi connectivity index (χ1) is 11.1. The molecule has 1 aromatic carbocycles. The van der Waals surface area contributed by atoms with E-state index in [4.69, 9.17) is 0 Å². The lowest BCUT2D eigenvalue weighted by molar-refractivity contribution is -0.210. The van der Waals surface area contributed by atoms with E-state index < -0.39 is 35.2 Å². The zero-order chi connectivity index (χ0) is 18.0. The number of rotatable bonds is 5. The number of piperidine rings is 1. The molecule has 0 radical (unpaired) electrons. The molecular formula is C14H17F4NO4S. The van der Waals surface area contributed by atoms with Gasteiger partial charge in [0.1, 0.15) is 11.8 Å². The second-order valence-electron chi connectivity index (χ2n) is 5.66. The predicted octanol–water partition coefficient (Wildman–Crippen LogP) is 2.41. The Morgan fingerprint density at radius 1 is 1.25 bits per heavy atom. The minimum atomic E-state index is -5.14. The van der Waals surface area contributed by atoms with Crippen molar-refractivity contribution in [3.8, 4) is 5.75 Å². The molecule has 1 aromatic rings. The van der Waals surface area contributed by atoms with E-state index in [1.54, 1.807) is 0 Å². The van der Waals surface area contributed by atoms with E-state index >= 15 is 0 Å². The second-order valence-corrected chi connectivity index (χ2v) is 6.62. The van der Waals surface area contributed by atoms with Crippen molar-refractivity contribution < 1.29 is 34.8 Å². The van der Waals surface area contributed by atoms with Gasteiger partial charge in [-0.25, -0.2) is 0 Å². The van der Waals surface area contributed by atoms with Gasteiger partial charge in [-0.3, -0.25) is 4.90 Å². The molecule has 0 spiro atoms. The predicted molar refractivity (Wildman–Crippen MR) is 77.2 cm³/mol. The summed E-state index contributed by atoms with van der Waals surface area (Å²) in [5.74, 6) is -1.14. The first-order valence-electron chi connectivity index (χ1n) is 7.25. The summed E-state index contributed by atoms with van der Waals surface area (Å²) in [5, 5.41) is 9.22. The molecule has 10 heteroatoms. The zero-order valence-electron chi connectivity index (χ0n) is 12.5. The van der Waals surface area contributed by atoms with Crippen molar-refractivity contribution >= 4 is 10.5 Å². The summed E-state index contributed by atoms with van der Waals surface area (Å²) in [7, 11) is -5.14. The lowest BCUT2D eigenvalue weighted by Gasteiger charge is -2.41. The van der Waals surface area contributed by atoms with Crippen LogP contribution in [0.3, 0.4) is 0 Å². The topological polar surface area (TPSA) is 66.8 Å². The number of halogens is 4. The van der Waals surface area contributed by atoms with Gasteiger partial charge in [0.2, 0.25) is 0 Å². The monoisotopic (exact) mass is 371 g/mol. The van der Waals surface area contributed by atoms with E-state index in [9.17, 15) is 30.6 Å². The van der Waals surface area contributed by atoms with E-state index in [1.807, 2.05) is 0 Å². The Balaban J connectivity index is 2.13. The maximum absolute atomic E-state index is 13.3. The van der Waals surface area contributed by atoms with E-state index in [1.165, 1.54) is 29.2 Å². The first kappa shape index (κ1) is 18.9. The van der Waals surface area contributed by atoms with Crippen molar-refractivity contribution in [2.24, 2.45) is 5.92 Å². The molecule has 0 aromatic heterocycles. The fourth-order valence-corrected chi connectivity index (χ4v) is 3.34. The van der Waals surface area contributed by atoms with Crippen molar-refractivity contribution in [3.05, 3.63) is 29.8 Å². The molecule has 0 unspecified atom stereocenters. The standard InChI is InChI=1S/C14H17F4NO4S/c15-14(16,17)13-11(9-20)2-1-7-19(13)8-10-3-5-12(6-4-10)23-24(18,21)22/h3-6,11,13,20H,1-2,7-9H2/t11-,13-/m0/s1. The molecule has 1 heterocycles. The molecule has 0 bridgehead atoms. The fourth-order valence-electron chi connectivity index (χ4n) is 2.99.